The van der Waals surface area contributed by atoms with Gasteiger partial charge in [-0.05, 0) is 20.8 Å². The first kappa shape index (κ1) is 19.4. The summed E-state index contributed by atoms with van der Waals surface area (Å²) in [5.41, 5.74) is -0.495. The van der Waals surface area contributed by atoms with Crippen molar-refractivity contribution in [3.63, 3.8) is 0 Å². The monoisotopic (exact) mass is 320 g/mol. The molecule has 0 aromatic heterocycles. The van der Waals surface area contributed by atoms with Crippen LogP contribution in [0.15, 0.2) is 12.2 Å². The van der Waals surface area contributed by atoms with E-state index in [1.807, 2.05) is 0 Å². The minimum atomic E-state index is -0.765. The van der Waals surface area contributed by atoms with Crippen LogP contribution in [0.25, 0.3) is 0 Å². The van der Waals surface area contributed by atoms with E-state index in [1.165, 1.54) is 6.92 Å². The van der Waals surface area contributed by atoms with Crippen LogP contribution in [0.4, 0.5) is 0 Å². The zero-order chi connectivity index (χ0) is 16.5. The van der Waals surface area contributed by atoms with E-state index < -0.39 is 23.5 Å². The van der Waals surface area contributed by atoms with Gasteiger partial charge in [0.05, 0.1) is 18.7 Å². The molecule has 0 aliphatic rings. The lowest BCUT2D eigenvalue weighted by Gasteiger charge is -2.21. The Labute approximate surface area is 129 Å². The fourth-order valence-electron chi connectivity index (χ4n) is 1.08. The number of ether oxygens (including phenoxy) is 3. The van der Waals surface area contributed by atoms with Gasteiger partial charge in [-0.2, -0.15) is 0 Å². The fourth-order valence-corrected chi connectivity index (χ4v) is 1.13. The highest BCUT2D eigenvalue weighted by Gasteiger charge is 2.22. The van der Waals surface area contributed by atoms with Gasteiger partial charge in [-0.15, -0.1) is 11.6 Å². The summed E-state index contributed by atoms with van der Waals surface area (Å²) in [5, 5.41) is 0. The van der Waals surface area contributed by atoms with Gasteiger partial charge in [0.25, 0.3) is 0 Å². The number of carbonyl (C=O) groups excluding carboxylic acids is 3. The molecule has 7 heteroatoms. The van der Waals surface area contributed by atoms with Crippen LogP contribution in [0.2, 0.25) is 0 Å². The van der Waals surface area contributed by atoms with E-state index in [4.69, 9.17) is 25.8 Å². The minimum Gasteiger partial charge on any atom is -0.462 e. The maximum atomic E-state index is 11.4. The first-order valence-electron chi connectivity index (χ1n) is 6.44. The van der Waals surface area contributed by atoms with Crippen LogP contribution in [-0.2, 0) is 28.6 Å². The van der Waals surface area contributed by atoms with Crippen LogP contribution in [0.1, 0.15) is 33.6 Å². The molecule has 0 spiro atoms. The molecule has 0 saturated heterocycles. The maximum absolute atomic E-state index is 11.4. The van der Waals surface area contributed by atoms with Crippen LogP contribution in [0.5, 0.6) is 0 Å². The predicted octanol–water partition coefficient (Wildman–Crippen LogP) is 1.99. The van der Waals surface area contributed by atoms with Crippen molar-refractivity contribution in [2.24, 2.45) is 0 Å². The van der Waals surface area contributed by atoms with E-state index in [9.17, 15) is 14.4 Å². The molecule has 0 radical (unpaired) electrons. The number of carbonyl (C=O) groups is 3. The molecular weight excluding hydrogens is 300 g/mol. The summed E-state index contributed by atoms with van der Waals surface area (Å²) in [4.78, 5) is 33.8. The first-order chi connectivity index (χ1) is 9.68. The van der Waals surface area contributed by atoms with E-state index >= 15 is 0 Å². The number of hydrogen-bond acceptors (Lipinski definition) is 6. The van der Waals surface area contributed by atoms with Gasteiger partial charge >= 0.3 is 17.9 Å². The van der Waals surface area contributed by atoms with Gasteiger partial charge in [-0.3, -0.25) is 9.59 Å². The van der Waals surface area contributed by atoms with Gasteiger partial charge < -0.3 is 14.2 Å². The second-order valence-corrected chi connectivity index (χ2v) is 5.27. The van der Waals surface area contributed by atoms with Gasteiger partial charge in [0.2, 0.25) is 0 Å². The van der Waals surface area contributed by atoms with Crippen molar-refractivity contribution >= 4 is 29.5 Å². The molecule has 0 aliphatic carbocycles. The minimum absolute atomic E-state index is 0.0544. The number of rotatable bonds is 9. The topological polar surface area (TPSA) is 78.9 Å². The van der Waals surface area contributed by atoms with Gasteiger partial charge in [-0.25, -0.2) is 4.79 Å². The van der Waals surface area contributed by atoms with Gasteiger partial charge in [0.1, 0.15) is 18.8 Å². The highest BCUT2D eigenvalue weighted by molar-refractivity contribution is 6.18. The summed E-state index contributed by atoms with van der Waals surface area (Å²) in [6.45, 7) is 8.15. The molecule has 21 heavy (non-hydrogen) atoms. The molecule has 0 atom stereocenters. The average molecular weight is 321 g/mol. The summed E-state index contributed by atoms with van der Waals surface area (Å²) >= 11 is 5.62. The molecule has 6 nitrogen and oxygen atoms in total. The molecule has 0 fully saturated rings. The quantitative estimate of drug-likeness (QED) is 0.212. The van der Waals surface area contributed by atoms with Crippen LogP contribution < -0.4 is 0 Å². The molecule has 0 N–H and O–H groups in total. The zero-order valence-corrected chi connectivity index (χ0v) is 13.3. The van der Waals surface area contributed by atoms with Crippen molar-refractivity contribution in [3.8, 4) is 0 Å². The maximum Gasteiger partial charge on any atom is 0.333 e. The van der Waals surface area contributed by atoms with E-state index in [2.05, 4.69) is 6.58 Å². The van der Waals surface area contributed by atoms with Gasteiger partial charge in [-0.1, -0.05) is 6.58 Å². The summed E-state index contributed by atoms with van der Waals surface area (Å²) in [6, 6.07) is 0. The lowest BCUT2D eigenvalue weighted by molar-refractivity contribution is -0.158. The van der Waals surface area contributed by atoms with Crippen molar-refractivity contribution in [3.05, 3.63) is 12.2 Å². The van der Waals surface area contributed by atoms with E-state index in [0.717, 1.165) is 0 Å². The van der Waals surface area contributed by atoms with Gasteiger partial charge in [0.15, 0.2) is 0 Å². The Bertz CT molecular complexity index is 402. The van der Waals surface area contributed by atoms with Crippen molar-refractivity contribution in [1.29, 1.82) is 0 Å². The number of alkyl halides is 1. The first-order valence-corrected chi connectivity index (χ1v) is 6.97. The van der Waals surface area contributed by atoms with Crippen molar-refractivity contribution in [2.45, 2.75) is 39.2 Å². The second kappa shape index (κ2) is 9.39. The predicted molar refractivity (Wildman–Crippen MR) is 76.9 cm³/mol. The second-order valence-electron chi connectivity index (χ2n) is 5.00. The molecule has 0 bridgehead atoms. The normalized spacial score (nSPS) is 10.7. The van der Waals surface area contributed by atoms with E-state index in [1.54, 1.807) is 13.8 Å². The van der Waals surface area contributed by atoms with Crippen LogP contribution in [0, 0.1) is 0 Å². The Morgan fingerprint density at radius 1 is 1.05 bits per heavy atom. The number of halogens is 1. The standard InChI is InChI=1S/C14H21ClO6/c1-10(2)13(18)20-8-7-19-11(16)5-6-12(17)21-14(3,4)9-15/h1,5-9H2,2-4H3. The molecular formula is C14H21ClO6. The molecule has 0 rings (SSSR count). The van der Waals surface area contributed by atoms with Crippen molar-refractivity contribution in [2.75, 3.05) is 19.1 Å². The van der Waals surface area contributed by atoms with Crippen LogP contribution >= 0.6 is 11.6 Å². The Balaban J connectivity index is 3.79. The molecule has 0 aromatic carbocycles. The van der Waals surface area contributed by atoms with Gasteiger partial charge in [0, 0.05) is 5.57 Å². The average Bonchev–Trinajstić information content (AvgIpc) is 2.40. The molecule has 120 valence electrons. The largest absolute Gasteiger partial charge is 0.462 e. The SMILES string of the molecule is C=C(C)C(=O)OCCOC(=O)CCC(=O)OC(C)(C)CCl. The zero-order valence-electron chi connectivity index (χ0n) is 12.6. The third-order valence-corrected chi connectivity index (χ3v) is 2.82. The van der Waals surface area contributed by atoms with E-state index in [-0.39, 0.29) is 37.5 Å². The molecule has 0 unspecified atom stereocenters. The Morgan fingerprint density at radius 3 is 2.10 bits per heavy atom. The summed E-state index contributed by atoms with van der Waals surface area (Å²) < 4.78 is 14.6. The Morgan fingerprint density at radius 2 is 1.57 bits per heavy atom. The Kier molecular flexibility index (Phi) is 8.69. The molecule has 0 heterocycles. The van der Waals surface area contributed by atoms with E-state index in [0.29, 0.717) is 0 Å². The lowest BCUT2D eigenvalue weighted by Crippen LogP contribution is -2.30. The number of esters is 3. The van der Waals surface area contributed by atoms with Crippen molar-refractivity contribution in [1.82, 2.24) is 0 Å². The number of hydrogen-bond donors (Lipinski definition) is 0. The summed E-state index contributed by atoms with van der Waals surface area (Å²) in [7, 11) is 0. The third kappa shape index (κ3) is 9.90. The fraction of sp³-hybridized carbons (Fsp3) is 0.643. The smallest absolute Gasteiger partial charge is 0.333 e. The summed E-state index contributed by atoms with van der Waals surface area (Å²) in [5.74, 6) is -1.47. The summed E-state index contributed by atoms with van der Waals surface area (Å²) in [6.07, 6.45) is -0.198. The molecule has 0 amide bonds. The molecule has 0 aromatic rings. The Hall–Kier alpha value is -1.56. The third-order valence-electron chi connectivity index (χ3n) is 2.17. The van der Waals surface area contributed by atoms with Crippen molar-refractivity contribution < 1.29 is 28.6 Å². The molecule has 0 saturated carbocycles. The highest BCUT2D eigenvalue weighted by atomic mass is 35.5. The highest BCUT2D eigenvalue weighted by Crippen LogP contribution is 2.12. The van der Waals surface area contributed by atoms with Crippen LogP contribution in [-0.4, -0.2) is 42.6 Å². The molecule has 0 aliphatic heterocycles. The lowest BCUT2D eigenvalue weighted by atomic mass is 10.2. The van der Waals surface area contributed by atoms with Crippen LogP contribution in [0.3, 0.4) is 0 Å².